The van der Waals surface area contributed by atoms with Crippen LogP contribution < -0.4 is 5.32 Å². The quantitative estimate of drug-likeness (QED) is 0.785. The Kier molecular flexibility index (Phi) is 6.69. The first-order chi connectivity index (χ1) is 12.6. The fraction of sp³-hybridized carbons (Fsp3) is 0.316. The summed E-state index contributed by atoms with van der Waals surface area (Å²) in [6.45, 7) is 2.02. The Morgan fingerprint density at radius 1 is 1.11 bits per heavy atom. The van der Waals surface area contributed by atoms with Crippen LogP contribution in [0.2, 0.25) is 0 Å². The first-order valence-electron chi connectivity index (χ1n) is 8.36. The summed E-state index contributed by atoms with van der Waals surface area (Å²) in [6.07, 6.45) is 0. The smallest absolute Gasteiger partial charge is 0.242 e. The summed E-state index contributed by atoms with van der Waals surface area (Å²) in [4.78, 5) is 14.1. The third-order valence-corrected chi connectivity index (χ3v) is 6.00. The zero-order valence-electron chi connectivity index (χ0n) is 15.9. The van der Waals surface area contributed by atoms with Gasteiger partial charge in [-0.2, -0.15) is 0 Å². The molecule has 146 valence electrons. The van der Waals surface area contributed by atoms with Gasteiger partial charge in [-0.25, -0.2) is 17.1 Å². The van der Waals surface area contributed by atoms with Gasteiger partial charge in [0.05, 0.1) is 11.4 Å². The molecule has 0 heterocycles. The summed E-state index contributed by atoms with van der Waals surface area (Å²) >= 11 is 0. The van der Waals surface area contributed by atoms with Crippen molar-refractivity contribution >= 4 is 21.6 Å². The lowest BCUT2D eigenvalue weighted by atomic mass is 10.2. The first kappa shape index (κ1) is 21.0. The lowest BCUT2D eigenvalue weighted by molar-refractivity contribution is -0.117. The van der Waals surface area contributed by atoms with E-state index in [1.165, 1.54) is 26.2 Å². The molecule has 0 atom stereocenters. The minimum Gasteiger partial charge on any atom is -0.325 e. The molecule has 0 saturated heterocycles. The average Bonchev–Trinajstić information content (AvgIpc) is 2.58. The molecule has 0 fully saturated rings. The van der Waals surface area contributed by atoms with E-state index in [0.29, 0.717) is 16.8 Å². The fourth-order valence-corrected chi connectivity index (χ4v) is 3.72. The first-order valence-corrected chi connectivity index (χ1v) is 9.80. The number of nitrogens with one attached hydrogen (secondary N) is 1. The van der Waals surface area contributed by atoms with E-state index in [1.807, 2.05) is 0 Å². The number of rotatable bonds is 7. The molecule has 0 saturated carbocycles. The number of carbonyl (C=O) groups is 1. The number of halogens is 1. The van der Waals surface area contributed by atoms with Crippen LogP contribution in [0.15, 0.2) is 47.4 Å². The van der Waals surface area contributed by atoms with Crippen molar-refractivity contribution in [3.05, 3.63) is 59.4 Å². The number of benzene rings is 2. The van der Waals surface area contributed by atoms with Gasteiger partial charge in [-0.15, -0.1) is 0 Å². The largest absolute Gasteiger partial charge is 0.325 e. The van der Waals surface area contributed by atoms with Crippen molar-refractivity contribution in [1.29, 1.82) is 0 Å². The Balaban J connectivity index is 2.07. The number of amides is 1. The normalized spacial score (nSPS) is 11.8. The van der Waals surface area contributed by atoms with Gasteiger partial charge < -0.3 is 5.32 Å². The molecule has 1 amide bonds. The molecule has 0 spiro atoms. The number of anilines is 1. The van der Waals surface area contributed by atoms with Crippen molar-refractivity contribution in [1.82, 2.24) is 9.21 Å². The van der Waals surface area contributed by atoms with E-state index in [2.05, 4.69) is 5.32 Å². The second kappa shape index (κ2) is 8.60. The molecule has 27 heavy (non-hydrogen) atoms. The molecule has 2 aromatic carbocycles. The third-order valence-electron chi connectivity index (χ3n) is 4.04. The van der Waals surface area contributed by atoms with Crippen LogP contribution in [0.4, 0.5) is 10.1 Å². The molecule has 0 unspecified atom stereocenters. The number of nitrogens with zero attached hydrogens (tertiary/aromatic N) is 2. The van der Waals surface area contributed by atoms with Crippen LogP contribution in [0.25, 0.3) is 0 Å². The molecule has 6 nitrogen and oxygen atoms in total. The second-order valence-electron chi connectivity index (χ2n) is 6.58. The van der Waals surface area contributed by atoms with E-state index in [4.69, 9.17) is 0 Å². The van der Waals surface area contributed by atoms with Gasteiger partial charge in [0.2, 0.25) is 15.9 Å². The minimum absolute atomic E-state index is 0.0397. The monoisotopic (exact) mass is 393 g/mol. The van der Waals surface area contributed by atoms with E-state index < -0.39 is 10.0 Å². The molecule has 0 aliphatic carbocycles. The summed E-state index contributed by atoms with van der Waals surface area (Å²) in [5.74, 6) is -0.632. The Hall–Kier alpha value is -2.29. The van der Waals surface area contributed by atoms with E-state index in [9.17, 15) is 17.6 Å². The zero-order chi connectivity index (χ0) is 20.2. The maximum Gasteiger partial charge on any atom is 0.242 e. The lowest BCUT2D eigenvalue weighted by Gasteiger charge is -2.18. The fourth-order valence-electron chi connectivity index (χ4n) is 2.57. The summed E-state index contributed by atoms with van der Waals surface area (Å²) in [5.41, 5.74) is 1.49. The third kappa shape index (κ3) is 5.35. The predicted octanol–water partition coefficient (Wildman–Crippen LogP) is 2.45. The van der Waals surface area contributed by atoms with Gasteiger partial charge >= 0.3 is 0 Å². The highest BCUT2D eigenvalue weighted by Gasteiger charge is 2.20. The Morgan fingerprint density at radius 3 is 2.41 bits per heavy atom. The van der Waals surface area contributed by atoms with Crippen molar-refractivity contribution in [3.63, 3.8) is 0 Å². The maximum absolute atomic E-state index is 13.7. The van der Waals surface area contributed by atoms with Crippen LogP contribution in [0.1, 0.15) is 11.1 Å². The van der Waals surface area contributed by atoms with Gasteiger partial charge in [0, 0.05) is 31.9 Å². The topological polar surface area (TPSA) is 69.7 Å². The molecule has 1 N–H and O–H groups in total. The van der Waals surface area contributed by atoms with E-state index >= 15 is 0 Å². The second-order valence-corrected chi connectivity index (χ2v) is 8.70. The van der Waals surface area contributed by atoms with E-state index in [0.717, 1.165) is 4.31 Å². The molecule has 2 aromatic rings. The molecule has 8 heteroatoms. The Bertz CT molecular complexity index is 930. The van der Waals surface area contributed by atoms with Gasteiger partial charge in [0.15, 0.2) is 0 Å². The van der Waals surface area contributed by atoms with Crippen LogP contribution in [0, 0.1) is 12.7 Å². The number of hydrogen-bond donors (Lipinski definition) is 1. The summed E-state index contributed by atoms with van der Waals surface area (Å²) in [7, 11) is 1.02. The number of likely N-dealkylation sites (N-methyl/N-ethyl adjacent to an activating group) is 1. The minimum atomic E-state index is -3.60. The molecular weight excluding hydrogens is 369 g/mol. The highest BCUT2D eigenvalue weighted by Crippen LogP contribution is 2.22. The molecular formula is C19H24FN3O3S. The van der Waals surface area contributed by atoms with Crippen LogP contribution >= 0.6 is 0 Å². The van der Waals surface area contributed by atoms with Gasteiger partial charge in [0.1, 0.15) is 5.82 Å². The molecule has 0 aliphatic rings. The number of sulfonamides is 1. The highest BCUT2D eigenvalue weighted by atomic mass is 32.2. The van der Waals surface area contributed by atoms with Crippen molar-refractivity contribution in [2.45, 2.75) is 18.4 Å². The van der Waals surface area contributed by atoms with Gasteiger partial charge in [-0.1, -0.05) is 24.3 Å². The summed E-state index contributed by atoms with van der Waals surface area (Å²) in [6, 6.07) is 11.1. The number of aryl methyl sites for hydroxylation is 1. The van der Waals surface area contributed by atoms with Crippen molar-refractivity contribution in [2.24, 2.45) is 0 Å². The van der Waals surface area contributed by atoms with E-state index in [-0.39, 0.29) is 29.7 Å². The average molecular weight is 393 g/mol. The van der Waals surface area contributed by atoms with Crippen LogP contribution in [0.5, 0.6) is 0 Å². The number of hydrogen-bond acceptors (Lipinski definition) is 4. The predicted molar refractivity (Wildman–Crippen MR) is 103 cm³/mol. The number of carbonyl (C=O) groups excluding carboxylic acids is 1. The summed E-state index contributed by atoms with van der Waals surface area (Å²) < 4.78 is 39.6. The van der Waals surface area contributed by atoms with Gasteiger partial charge in [0.25, 0.3) is 0 Å². The molecule has 0 bridgehead atoms. The maximum atomic E-state index is 13.7. The Labute approximate surface area is 159 Å². The van der Waals surface area contributed by atoms with Crippen molar-refractivity contribution < 1.29 is 17.6 Å². The van der Waals surface area contributed by atoms with E-state index in [1.54, 1.807) is 49.2 Å². The van der Waals surface area contributed by atoms with Gasteiger partial charge in [-0.3, -0.25) is 9.69 Å². The van der Waals surface area contributed by atoms with Crippen molar-refractivity contribution in [2.75, 3.05) is 33.0 Å². The van der Waals surface area contributed by atoms with Crippen LogP contribution in [0.3, 0.4) is 0 Å². The molecule has 2 rings (SSSR count). The molecule has 0 radical (unpaired) electrons. The van der Waals surface area contributed by atoms with Crippen LogP contribution in [-0.2, 0) is 21.4 Å². The van der Waals surface area contributed by atoms with Gasteiger partial charge in [-0.05, 0) is 37.7 Å². The lowest BCUT2D eigenvalue weighted by Crippen LogP contribution is -2.30. The van der Waals surface area contributed by atoms with Crippen molar-refractivity contribution in [3.8, 4) is 0 Å². The standard InChI is InChI=1S/C19H24FN3O3S/c1-14-9-10-16(11-18(14)27(25,26)22(2)3)21-19(24)13-23(4)12-15-7-5-6-8-17(15)20/h5-11H,12-13H2,1-4H3,(H,21,24). The molecule has 0 aromatic heterocycles. The summed E-state index contributed by atoms with van der Waals surface area (Å²) in [5, 5.41) is 2.69. The van der Waals surface area contributed by atoms with Crippen LogP contribution in [-0.4, -0.2) is 51.2 Å². The highest BCUT2D eigenvalue weighted by molar-refractivity contribution is 7.89. The Morgan fingerprint density at radius 2 is 1.78 bits per heavy atom. The SMILES string of the molecule is Cc1ccc(NC(=O)CN(C)Cc2ccccc2F)cc1S(=O)(=O)N(C)C. The molecule has 0 aliphatic heterocycles. The zero-order valence-corrected chi connectivity index (χ0v) is 16.7.